The molecule has 0 atom stereocenters. The molecule has 252 valence electrons. The van der Waals surface area contributed by atoms with Gasteiger partial charge in [0, 0.05) is 46.1 Å². The first-order valence-corrected chi connectivity index (χ1v) is 18.4. The van der Waals surface area contributed by atoms with E-state index < -0.39 is 21.4 Å². The van der Waals surface area contributed by atoms with E-state index >= 15 is 0 Å². The molecule has 0 unspecified atom stereocenters. The molecule has 0 spiro atoms. The molecular weight excluding hydrogens is 658 g/mol. The average Bonchev–Trinajstić information content (AvgIpc) is 3.64. The predicted molar refractivity (Wildman–Crippen MR) is 196 cm³/mol. The Labute approximate surface area is 291 Å². The normalized spacial score (nSPS) is 11.7. The first kappa shape index (κ1) is 34.0. The standard InChI is InChI=1S/C39H38ClN3O5S/c1-26-21-29(22-27(2)37(26)40)48-19-10-15-32-30-13-6-8-16-34(30)42-38(32)36(44)25-49(46,47)20-18-41-39(45)33-24-43(23-28-11-4-3-5-12-28)35-17-9-7-14-31(33)35/h3-9,11-14,16-17,21-22,24,42H,10,15,18-20,23,25H2,1-2H3,(H,41,45). The molecule has 8 nitrogen and oxygen atoms in total. The van der Waals surface area contributed by atoms with Crippen molar-refractivity contribution < 1.29 is 22.7 Å². The number of amides is 1. The maximum atomic E-state index is 13.5. The van der Waals surface area contributed by atoms with Gasteiger partial charge in [0.1, 0.15) is 11.5 Å². The van der Waals surface area contributed by atoms with Gasteiger partial charge in [0.05, 0.1) is 23.6 Å². The number of fused-ring (bicyclic) bond motifs is 2. The van der Waals surface area contributed by atoms with E-state index in [1.807, 2.05) is 109 Å². The third-order valence-electron chi connectivity index (χ3n) is 8.62. The lowest BCUT2D eigenvalue weighted by Crippen LogP contribution is -2.31. The molecule has 6 aromatic rings. The van der Waals surface area contributed by atoms with Crippen molar-refractivity contribution in [1.82, 2.24) is 14.9 Å². The number of halogens is 1. The van der Waals surface area contributed by atoms with Gasteiger partial charge in [0.15, 0.2) is 15.6 Å². The summed E-state index contributed by atoms with van der Waals surface area (Å²) in [7, 11) is -3.84. The van der Waals surface area contributed by atoms with Crippen LogP contribution in [0.4, 0.5) is 0 Å². The van der Waals surface area contributed by atoms with Crippen LogP contribution in [-0.2, 0) is 22.8 Å². The van der Waals surface area contributed by atoms with Gasteiger partial charge >= 0.3 is 0 Å². The summed E-state index contributed by atoms with van der Waals surface area (Å²) in [5.74, 6) is -1.18. The number of Topliss-reactive ketones (excluding diaryl/α,β-unsaturated/α-hetero) is 1. The Morgan fingerprint density at radius 1 is 0.898 bits per heavy atom. The molecule has 0 saturated carbocycles. The number of aryl methyl sites for hydroxylation is 3. The van der Waals surface area contributed by atoms with Gasteiger partial charge in [-0.25, -0.2) is 8.42 Å². The van der Waals surface area contributed by atoms with Gasteiger partial charge in [0.25, 0.3) is 5.91 Å². The van der Waals surface area contributed by atoms with Crippen molar-refractivity contribution in [2.24, 2.45) is 0 Å². The van der Waals surface area contributed by atoms with E-state index in [1.54, 1.807) is 6.20 Å². The highest BCUT2D eigenvalue weighted by Gasteiger charge is 2.24. The van der Waals surface area contributed by atoms with Gasteiger partial charge in [-0.05, 0) is 73.2 Å². The van der Waals surface area contributed by atoms with Crippen LogP contribution in [0.25, 0.3) is 21.8 Å². The fraction of sp³-hybridized carbons (Fsp3) is 0.231. The van der Waals surface area contributed by atoms with Crippen LogP contribution in [0.3, 0.4) is 0 Å². The summed E-state index contributed by atoms with van der Waals surface area (Å²) < 4.78 is 34.3. The number of carbonyl (C=O) groups excluding carboxylic acids is 2. The SMILES string of the molecule is Cc1cc(OCCCc2c(C(=O)CS(=O)(=O)CCNC(=O)c3cn(Cc4ccccc4)c4ccccc34)[nH]c3ccccc23)cc(C)c1Cl. The molecule has 0 radical (unpaired) electrons. The molecule has 0 saturated heterocycles. The summed E-state index contributed by atoms with van der Waals surface area (Å²) in [6, 6.07) is 28.9. The molecule has 2 aromatic heterocycles. The van der Waals surface area contributed by atoms with Gasteiger partial charge in [-0.2, -0.15) is 0 Å². The number of carbonyl (C=O) groups is 2. The van der Waals surface area contributed by atoms with E-state index in [9.17, 15) is 18.0 Å². The molecule has 0 aliphatic carbocycles. The van der Waals surface area contributed by atoms with Crippen molar-refractivity contribution >= 4 is 54.9 Å². The highest BCUT2D eigenvalue weighted by Crippen LogP contribution is 2.28. The monoisotopic (exact) mass is 695 g/mol. The summed E-state index contributed by atoms with van der Waals surface area (Å²) in [4.78, 5) is 29.9. The molecular formula is C39H38ClN3O5S. The smallest absolute Gasteiger partial charge is 0.253 e. The summed E-state index contributed by atoms with van der Waals surface area (Å²) in [6.45, 7) is 4.75. The molecule has 0 bridgehead atoms. The lowest BCUT2D eigenvalue weighted by Gasteiger charge is -2.10. The summed E-state index contributed by atoms with van der Waals surface area (Å²) in [5.41, 5.74) is 6.17. The Morgan fingerprint density at radius 2 is 1.57 bits per heavy atom. The fourth-order valence-electron chi connectivity index (χ4n) is 6.22. The summed E-state index contributed by atoms with van der Waals surface area (Å²) in [5, 5.41) is 5.13. The minimum absolute atomic E-state index is 0.118. The van der Waals surface area contributed by atoms with E-state index in [0.29, 0.717) is 37.3 Å². The van der Waals surface area contributed by atoms with Crippen LogP contribution < -0.4 is 10.1 Å². The van der Waals surface area contributed by atoms with Crippen LogP contribution >= 0.6 is 11.6 Å². The second kappa shape index (κ2) is 14.7. The number of ketones is 1. The zero-order valence-corrected chi connectivity index (χ0v) is 29.0. The van der Waals surface area contributed by atoms with Crippen LogP contribution in [0.5, 0.6) is 5.75 Å². The number of benzene rings is 4. The van der Waals surface area contributed by atoms with Gasteiger partial charge in [-0.1, -0.05) is 78.3 Å². The average molecular weight is 696 g/mol. The topological polar surface area (TPSA) is 110 Å². The summed E-state index contributed by atoms with van der Waals surface area (Å²) in [6.07, 6.45) is 2.93. The van der Waals surface area contributed by atoms with E-state index in [0.717, 1.165) is 54.8 Å². The number of para-hydroxylation sites is 2. The lowest BCUT2D eigenvalue weighted by molar-refractivity contribution is 0.0957. The maximum absolute atomic E-state index is 13.5. The molecule has 0 aliphatic rings. The lowest BCUT2D eigenvalue weighted by atomic mass is 10.0. The highest BCUT2D eigenvalue weighted by atomic mass is 35.5. The van der Waals surface area contributed by atoms with E-state index in [-0.39, 0.29) is 18.2 Å². The number of hydrogen-bond acceptors (Lipinski definition) is 5. The molecule has 10 heteroatoms. The van der Waals surface area contributed by atoms with Crippen LogP contribution in [0.15, 0.2) is 97.2 Å². The highest BCUT2D eigenvalue weighted by molar-refractivity contribution is 7.92. The van der Waals surface area contributed by atoms with Crippen molar-refractivity contribution in [3.63, 3.8) is 0 Å². The largest absolute Gasteiger partial charge is 0.494 e. The Hall–Kier alpha value is -4.86. The Kier molecular flexibility index (Phi) is 10.2. The minimum Gasteiger partial charge on any atom is -0.494 e. The van der Waals surface area contributed by atoms with Gasteiger partial charge in [-0.3, -0.25) is 9.59 Å². The predicted octanol–water partition coefficient (Wildman–Crippen LogP) is 7.48. The third-order valence-corrected chi connectivity index (χ3v) is 10.7. The van der Waals surface area contributed by atoms with Gasteiger partial charge in [0.2, 0.25) is 0 Å². The van der Waals surface area contributed by atoms with Gasteiger partial charge in [-0.15, -0.1) is 0 Å². The zero-order chi connectivity index (χ0) is 34.5. The second-order valence-electron chi connectivity index (χ2n) is 12.3. The third kappa shape index (κ3) is 7.90. The molecule has 2 heterocycles. The molecule has 1 amide bonds. The molecule has 0 fully saturated rings. The zero-order valence-electron chi connectivity index (χ0n) is 27.5. The molecule has 6 rings (SSSR count). The number of nitrogens with one attached hydrogen (secondary N) is 2. The van der Waals surface area contributed by atoms with Crippen LogP contribution in [0, 0.1) is 13.8 Å². The first-order valence-electron chi connectivity index (χ1n) is 16.2. The van der Waals surface area contributed by atoms with Crippen LogP contribution in [0.1, 0.15) is 49.5 Å². The molecule has 4 aromatic carbocycles. The maximum Gasteiger partial charge on any atom is 0.253 e. The number of aromatic amines is 1. The van der Waals surface area contributed by atoms with E-state index in [2.05, 4.69) is 10.3 Å². The van der Waals surface area contributed by atoms with E-state index in [4.69, 9.17) is 16.3 Å². The number of aromatic nitrogens is 2. The Bertz CT molecular complexity index is 2230. The Morgan fingerprint density at radius 3 is 2.33 bits per heavy atom. The van der Waals surface area contributed by atoms with Gasteiger partial charge < -0.3 is 19.6 Å². The van der Waals surface area contributed by atoms with Crippen molar-refractivity contribution in [2.45, 2.75) is 33.2 Å². The first-order chi connectivity index (χ1) is 23.6. The second-order valence-corrected chi connectivity index (χ2v) is 14.9. The number of sulfone groups is 1. The Balaban J connectivity index is 1.08. The van der Waals surface area contributed by atoms with Crippen LogP contribution in [-0.4, -0.2) is 54.3 Å². The minimum atomic E-state index is -3.84. The molecule has 2 N–H and O–H groups in total. The fourth-order valence-corrected chi connectivity index (χ4v) is 7.43. The number of rotatable bonds is 14. The van der Waals surface area contributed by atoms with Crippen molar-refractivity contribution in [1.29, 1.82) is 0 Å². The van der Waals surface area contributed by atoms with E-state index in [1.165, 1.54) is 0 Å². The number of nitrogens with zero attached hydrogens (tertiary/aromatic N) is 1. The van der Waals surface area contributed by atoms with Crippen LogP contribution in [0.2, 0.25) is 5.02 Å². The number of ether oxygens (including phenoxy) is 1. The summed E-state index contributed by atoms with van der Waals surface area (Å²) >= 11 is 6.28. The van der Waals surface area contributed by atoms with Crippen molar-refractivity contribution in [3.8, 4) is 5.75 Å². The quantitative estimate of drug-likeness (QED) is 0.0907. The molecule has 0 aliphatic heterocycles. The number of H-pyrrole nitrogens is 1. The van der Waals surface area contributed by atoms with Crippen molar-refractivity contribution in [3.05, 3.63) is 136 Å². The molecule has 49 heavy (non-hydrogen) atoms. The van der Waals surface area contributed by atoms with Crippen molar-refractivity contribution in [2.75, 3.05) is 24.7 Å². The number of hydrogen-bond donors (Lipinski definition) is 2.